The lowest BCUT2D eigenvalue weighted by molar-refractivity contribution is -0.666. The Balaban J connectivity index is 2.40. The Kier molecular flexibility index (Phi) is 4.85. The van der Waals surface area contributed by atoms with Crippen LogP contribution in [0.25, 0.3) is 0 Å². The number of hydrogen-bond acceptors (Lipinski definition) is 0. The quantitative estimate of drug-likeness (QED) is 0.686. The van der Waals surface area contributed by atoms with Gasteiger partial charge in [-0.2, -0.15) is 0 Å². The minimum Gasteiger partial charge on any atom is -0.346 e. The second-order valence-electron chi connectivity index (χ2n) is 5.87. The van der Waals surface area contributed by atoms with Gasteiger partial charge in [0.2, 0.25) is 0 Å². The van der Waals surface area contributed by atoms with Gasteiger partial charge in [-0.3, -0.25) is 0 Å². The van der Waals surface area contributed by atoms with E-state index in [9.17, 15) is 0 Å². The summed E-state index contributed by atoms with van der Waals surface area (Å²) in [5.41, 5.74) is 1.59. The van der Waals surface area contributed by atoms with E-state index in [-0.39, 0.29) is 0 Å². The lowest BCUT2D eigenvalue weighted by Crippen LogP contribution is -2.87. The van der Waals surface area contributed by atoms with Gasteiger partial charge in [0, 0.05) is 11.8 Å². The van der Waals surface area contributed by atoms with E-state index in [0.29, 0.717) is 0 Å². The van der Waals surface area contributed by atoms with Crippen molar-refractivity contribution in [2.24, 2.45) is 23.7 Å². The molecule has 0 amide bonds. The van der Waals surface area contributed by atoms with Gasteiger partial charge in [0.15, 0.2) is 0 Å². The Labute approximate surface area is 95.3 Å². The van der Waals surface area contributed by atoms with E-state index >= 15 is 0 Å². The monoisotopic (exact) mass is 210 g/mol. The fourth-order valence-corrected chi connectivity index (χ4v) is 2.89. The van der Waals surface area contributed by atoms with Crippen molar-refractivity contribution in [3.05, 3.63) is 11.6 Å². The lowest BCUT2D eigenvalue weighted by Gasteiger charge is -2.31. The molecule has 0 unspecified atom stereocenters. The summed E-state index contributed by atoms with van der Waals surface area (Å²) in [6.07, 6.45) is 3.79. The molecular formula is C14H28N+. The summed E-state index contributed by atoms with van der Waals surface area (Å²) in [7, 11) is 0. The second kappa shape index (κ2) is 5.69. The molecule has 1 rings (SSSR count). The maximum atomic E-state index is 2.51. The smallest absolute Gasteiger partial charge is 0.0792 e. The maximum Gasteiger partial charge on any atom is 0.0792 e. The van der Waals surface area contributed by atoms with Crippen LogP contribution < -0.4 is 5.32 Å². The van der Waals surface area contributed by atoms with E-state index in [1.165, 1.54) is 19.5 Å². The highest BCUT2D eigenvalue weighted by Gasteiger charge is 2.27. The van der Waals surface area contributed by atoms with Gasteiger partial charge in [0.1, 0.15) is 0 Å². The van der Waals surface area contributed by atoms with Crippen LogP contribution in [0.3, 0.4) is 0 Å². The van der Waals surface area contributed by atoms with Crippen LogP contribution in [-0.4, -0.2) is 13.1 Å². The Morgan fingerprint density at radius 2 is 2.07 bits per heavy atom. The summed E-state index contributed by atoms with van der Waals surface area (Å²) in [5, 5.41) is 2.51. The van der Waals surface area contributed by atoms with Gasteiger partial charge >= 0.3 is 0 Å². The molecule has 0 aromatic carbocycles. The molecule has 0 radical (unpaired) electrons. The van der Waals surface area contributed by atoms with Crippen molar-refractivity contribution in [2.45, 2.75) is 41.0 Å². The maximum absolute atomic E-state index is 2.51. The number of quaternary nitrogens is 1. The molecule has 0 fully saturated rings. The minimum absolute atomic E-state index is 0.775. The molecule has 0 aromatic heterocycles. The molecule has 0 aliphatic heterocycles. The van der Waals surface area contributed by atoms with E-state index in [2.05, 4.69) is 46.0 Å². The van der Waals surface area contributed by atoms with Gasteiger partial charge in [0.05, 0.1) is 13.1 Å². The van der Waals surface area contributed by atoms with Crippen LogP contribution in [0, 0.1) is 23.7 Å². The fourth-order valence-electron chi connectivity index (χ4n) is 2.89. The van der Waals surface area contributed by atoms with Crippen molar-refractivity contribution < 1.29 is 5.32 Å². The molecule has 3 atom stereocenters. The summed E-state index contributed by atoms with van der Waals surface area (Å²) >= 11 is 0. The molecule has 1 nitrogen and oxygen atoms in total. The van der Waals surface area contributed by atoms with Crippen LogP contribution in [0.1, 0.15) is 41.0 Å². The second-order valence-corrected chi connectivity index (χ2v) is 5.87. The van der Waals surface area contributed by atoms with Crippen LogP contribution in [0.5, 0.6) is 0 Å². The molecule has 88 valence electrons. The van der Waals surface area contributed by atoms with Gasteiger partial charge in [-0.25, -0.2) is 0 Å². The summed E-state index contributed by atoms with van der Waals surface area (Å²) in [6, 6.07) is 0. The van der Waals surface area contributed by atoms with Crippen LogP contribution in [0.4, 0.5) is 0 Å². The van der Waals surface area contributed by atoms with Crippen molar-refractivity contribution in [3.8, 4) is 0 Å². The van der Waals surface area contributed by atoms with Crippen LogP contribution in [-0.2, 0) is 0 Å². The molecular weight excluding hydrogens is 182 g/mol. The Hall–Kier alpha value is -0.300. The zero-order chi connectivity index (χ0) is 11.4. The highest BCUT2D eigenvalue weighted by atomic mass is 14.9. The van der Waals surface area contributed by atoms with Crippen molar-refractivity contribution in [1.82, 2.24) is 0 Å². The minimum atomic E-state index is 0.775. The van der Waals surface area contributed by atoms with Crippen LogP contribution in [0.2, 0.25) is 0 Å². The third-order valence-corrected chi connectivity index (χ3v) is 3.67. The first-order valence-electron chi connectivity index (χ1n) is 6.49. The van der Waals surface area contributed by atoms with Gasteiger partial charge < -0.3 is 5.32 Å². The van der Waals surface area contributed by atoms with E-state index in [1.54, 1.807) is 5.57 Å². The predicted molar refractivity (Wildman–Crippen MR) is 66.7 cm³/mol. The molecule has 2 N–H and O–H groups in total. The molecule has 0 spiro atoms. The van der Waals surface area contributed by atoms with E-state index in [0.717, 1.165) is 23.7 Å². The summed E-state index contributed by atoms with van der Waals surface area (Å²) in [6.45, 7) is 14.3. The Morgan fingerprint density at radius 1 is 1.40 bits per heavy atom. The van der Waals surface area contributed by atoms with Gasteiger partial charge in [-0.15, -0.1) is 0 Å². The highest BCUT2D eigenvalue weighted by molar-refractivity contribution is 5.07. The summed E-state index contributed by atoms with van der Waals surface area (Å²) in [5.74, 6) is 3.34. The molecule has 0 aromatic rings. The van der Waals surface area contributed by atoms with Gasteiger partial charge in [0.25, 0.3) is 0 Å². The first-order valence-corrected chi connectivity index (χ1v) is 6.49. The number of nitrogens with two attached hydrogens (primary N) is 1. The topological polar surface area (TPSA) is 16.6 Å². The van der Waals surface area contributed by atoms with Crippen molar-refractivity contribution in [3.63, 3.8) is 0 Å². The van der Waals surface area contributed by atoms with Gasteiger partial charge in [-0.05, 0) is 25.2 Å². The standard InChI is InChI=1S/C14H27N/c1-10(2)8-15-9-14-12(4)6-11(3)7-13(14)5/h6,10,12-15H,7-9H2,1-5H3/p+1/t12-,13+,14-/m0/s1. The molecule has 0 bridgehead atoms. The van der Waals surface area contributed by atoms with Crippen LogP contribution in [0.15, 0.2) is 11.6 Å². The fraction of sp³-hybridized carbons (Fsp3) is 0.857. The van der Waals surface area contributed by atoms with Gasteiger partial charge in [-0.1, -0.05) is 39.3 Å². The number of allylic oxidation sites excluding steroid dienone is 2. The summed E-state index contributed by atoms with van der Waals surface area (Å²) < 4.78 is 0. The van der Waals surface area contributed by atoms with Crippen molar-refractivity contribution in [2.75, 3.05) is 13.1 Å². The van der Waals surface area contributed by atoms with E-state index < -0.39 is 0 Å². The SMILES string of the molecule is CC1=C[C@H](C)[C@H](C[NH2+]CC(C)C)[C@H](C)C1. The summed E-state index contributed by atoms with van der Waals surface area (Å²) in [4.78, 5) is 0. The van der Waals surface area contributed by atoms with Crippen LogP contribution >= 0.6 is 0 Å². The zero-order valence-electron chi connectivity index (χ0n) is 11.1. The number of rotatable bonds is 4. The van der Waals surface area contributed by atoms with E-state index in [4.69, 9.17) is 0 Å². The third-order valence-electron chi connectivity index (χ3n) is 3.67. The zero-order valence-corrected chi connectivity index (χ0v) is 11.1. The Morgan fingerprint density at radius 3 is 2.60 bits per heavy atom. The predicted octanol–water partition coefficient (Wildman–Crippen LogP) is 2.44. The molecule has 0 saturated carbocycles. The first-order chi connectivity index (χ1) is 7.00. The molecule has 0 heterocycles. The molecule has 1 heteroatoms. The molecule has 0 saturated heterocycles. The largest absolute Gasteiger partial charge is 0.346 e. The Bertz CT molecular complexity index is 217. The highest BCUT2D eigenvalue weighted by Crippen LogP contribution is 2.32. The molecule has 1 aliphatic rings. The molecule has 1 aliphatic carbocycles. The number of hydrogen-bond donors (Lipinski definition) is 1. The average Bonchev–Trinajstić information content (AvgIpc) is 2.08. The third kappa shape index (κ3) is 3.98. The lowest BCUT2D eigenvalue weighted by atomic mass is 9.75. The van der Waals surface area contributed by atoms with Crippen molar-refractivity contribution in [1.29, 1.82) is 0 Å². The van der Waals surface area contributed by atoms with E-state index in [1.807, 2.05) is 0 Å². The normalized spacial score (nSPS) is 31.9. The first kappa shape index (κ1) is 12.8. The molecule has 15 heavy (non-hydrogen) atoms. The average molecular weight is 210 g/mol. The van der Waals surface area contributed by atoms with Crippen molar-refractivity contribution >= 4 is 0 Å².